The Morgan fingerprint density at radius 1 is 1.32 bits per heavy atom. The Labute approximate surface area is 116 Å². The van der Waals surface area contributed by atoms with Crippen molar-refractivity contribution in [3.05, 3.63) is 0 Å². The molecule has 0 aromatic carbocycles. The highest BCUT2D eigenvalue weighted by Crippen LogP contribution is 2.38. The van der Waals surface area contributed by atoms with Gasteiger partial charge >= 0.3 is 5.97 Å². The summed E-state index contributed by atoms with van der Waals surface area (Å²) in [6.07, 6.45) is 3.15. The molecule has 4 atom stereocenters. The molecule has 0 heterocycles. The van der Waals surface area contributed by atoms with E-state index in [-0.39, 0.29) is 18.1 Å². The van der Waals surface area contributed by atoms with E-state index in [0.29, 0.717) is 17.8 Å². The Morgan fingerprint density at radius 2 is 1.95 bits per heavy atom. The van der Waals surface area contributed by atoms with E-state index >= 15 is 0 Å². The Hall–Kier alpha value is -0.900. The molecule has 4 nitrogen and oxygen atoms in total. The molecule has 0 aromatic rings. The van der Waals surface area contributed by atoms with E-state index in [9.17, 15) is 9.59 Å². The van der Waals surface area contributed by atoms with Crippen molar-refractivity contribution in [3.63, 3.8) is 0 Å². The fourth-order valence-corrected chi connectivity index (χ4v) is 3.17. The molecule has 0 radical (unpaired) electrons. The van der Waals surface area contributed by atoms with Crippen molar-refractivity contribution in [1.82, 2.24) is 0 Å². The smallest absolute Gasteiger partial charge is 0.307 e. The molecule has 2 N–H and O–H groups in total. The van der Waals surface area contributed by atoms with Crippen molar-refractivity contribution in [2.75, 3.05) is 7.11 Å². The minimum Gasteiger partial charge on any atom is -0.469 e. The van der Waals surface area contributed by atoms with Crippen LogP contribution in [0.3, 0.4) is 0 Å². The molecule has 0 saturated heterocycles. The van der Waals surface area contributed by atoms with Crippen LogP contribution in [0.15, 0.2) is 0 Å². The first-order valence-electron chi connectivity index (χ1n) is 7.22. The molecule has 1 aliphatic rings. The van der Waals surface area contributed by atoms with Crippen molar-refractivity contribution in [2.45, 2.75) is 52.5 Å². The highest BCUT2D eigenvalue weighted by atomic mass is 16.5. The lowest BCUT2D eigenvalue weighted by atomic mass is 9.67. The summed E-state index contributed by atoms with van der Waals surface area (Å²) >= 11 is 0. The van der Waals surface area contributed by atoms with Gasteiger partial charge in [-0.15, -0.1) is 0 Å². The Balaban J connectivity index is 2.72. The second-order valence-corrected chi connectivity index (χ2v) is 6.22. The molecule has 19 heavy (non-hydrogen) atoms. The van der Waals surface area contributed by atoms with Gasteiger partial charge in [0.25, 0.3) is 0 Å². The number of hydrogen-bond acceptors (Lipinski definition) is 4. The molecule has 0 bridgehead atoms. The van der Waals surface area contributed by atoms with E-state index < -0.39 is 12.0 Å². The third-order valence-corrected chi connectivity index (χ3v) is 4.37. The Morgan fingerprint density at radius 3 is 2.47 bits per heavy atom. The standard InChI is InChI=1S/C15H27NO3/c1-9(2)11-6-5-10(3)7-12(11)15(18)13(16)8-14(17)19-4/h9-13H,5-8,16H2,1-4H3. The van der Waals surface area contributed by atoms with Crippen molar-refractivity contribution in [3.8, 4) is 0 Å². The van der Waals surface area contributed by atoms with Gasteiger partial charge in [-0.3, -0.25) is 9.59 Å². The molecule has 0 aromatic heterocycles. The third-order valence-electron chi connectivity index (χ3n) is 4.37. The van der Waals surface area contributed by atoms with Gasteiger partial charge in [0.2, 0.25) is 0 Å². The number of esters is 1. The lowest BCUT2D eigenvalue weighted by molar-refractivity contribution is -0.143. The highest BCUT2D eigenvalue weighted by molar-refractivity contribution is 5.90. The molecule has 1 aliphatic carbocycles. The summed E-state index contributed by atoms with van der Waals surface area (Å²) in [7, 11) is 1.32. The molecular weight excluding hydrogens is 242 g/mol. The van der Waals surface area contributed by atoms with Crippen molar-refractivity contribution < 1.29 is 14.3 Å². The number of hydrogen-bond donors (Lipinski definition) is 1. The van der Waals surface area contributed by atoms with E-state index in [1.165, 1.54) is 13.5 Å². The van der Waals surface area contributed by atoms with E-state index in [1.807, 2.05) is 0 Å². The third kappa shape index (κ3) is 4.30. The molecule has 1 saturated carbocycles. The van der Waals surface area contributed by atoms with Crippen molar-refractivity contribution in [1.29, 1.82) is 0 Å². The molecule has 0 spiro atoms. The monoisotopic (exact) mass is 269 g/mol. The van der Waals surface area contributed by atoms with Crippen molar-refractivity contribution >= 4 is 11.8 Å². The van der Waals surface area contributed by atoms with Gasteiger partial charge in [-0.1, -0.05) is 27.2 Å². The maximum Gasteiger partial charge on any atom is 0.307 e. The molecule has 4 unspecified atom stereocenters. The van der Waals surface area contributed by atoms with Gasteiger partial charge in [0.1, 0.15) is 0 Å². The maximum atomic E-state index is 12.5. The largest absolute Gasteiger partial charge is 0.469 e. The van der Waals surface area contributed by atoms with Crippen molar-refractivity contribution in [2.24, 2.45) is 29.4 Å². The molecule has 0 aliphatic heterocycles. The predicted molar refractivity (Wildman–Crippen MR) is 74.4 cm³/mol. The van der Waals surface area contributed by atoms with Gasteiger partial charge in [-0.25, -0.2) is 0 Å². The SMILES string of the molecule is COC(=O)CC(N)C(=O)C1CC(C)CCC1C(C)C. The summed E-state index contributed by atoms with van der Waals surface area (Å²) < 4.78 is 4.58. The summed E-state index contributed by atoms with van der Waals surface area (Å²) in [5.41, 5.74) is 5.88. The van der Waals surface area contributed by atoms with Crippen LogP contribution < -0.4 is 5.73 Å². The lowest BCUT2D eigenvalue weighted by Gasteiger charge is -2.37. The number of carbonyl (C=O) groups is 2. The van der Waals surface area contributed by atoms with Crippen LogP contribution in [-0.2, 0) is 14.3 Å². The summed E-state index contributed by atoms with van der Waals surface area (Å²) in [4.78, 5) is 23.7. The van der Waals surface area contributed by atoms with Crippen LogP contribution in [-0.4, -0.2) is 24.9 Å². The zero-order valence-corrected chi connectivity index (χ0v) is 12.5. The zero-order chi connectivity index (χ0) is 14.6. The first-order valence-corrected chi connectivity index (χ1v) is 7.22. The number of ketones is 1. The van der Waals surface area contributed by atoms with Crippen LogP contribution >= 0.6 is 0 Å². The van der Waals surface area contributed by atoms with Gasteiger partial charge in [0.05, 0.1) is 19.6 Å². The number of nitrogens with two attached hydrogens (primary N) is 1. The van der Waals surface area contributed by atoms with Crippen LogP contribution in [0.5, 0.6) is 0 Å². The second-order valence-electron chi connectivity index (χ2n) is 6.22. The number of methoxy groups -OCH3 is 1. The number of Topliss-reactive ketones (excluding diaryl/α,β-unsaturated/α-hetero) is 1. The van der Waals surface area contributed by atoms with Crippen LogP contribution in [0, 0.1) is 23.7 Å². The summed E-state index contributed by atoms with van der Waals surface area (Å²) in [6.45, 7) is 6.50. The van der Waals surface area contributed by atoms with E-state index in [0.717, 1.165) is 12.8 Å². The maximum absolute atomic E-state index is 12.5. The van der Waals surface area contributed by atoms with Gasteiger partial charge < -0.3 is 10.5 Å². The zero-order valence-electron chi connectivity index (χ0n) is 12.5. The van der Waals surface area contributed by atoms with Crippen LogP contribution in [0.4, 0.5) is 0 Å². The molecule has 1 fully saturated rings. The van der Waals surface area contributed by atoms with Crippen LogP contribution in [0.2, 0.25) is 0 Å². The predicted octanol–water partition coefficient (Wildman–Crippen LogP) is 2.15. The van der Waals surface area contributed by atoms with Crippen LogP contribution in [0.1, 0.15) is 46.5 Å². The van der Waals surface area contributed by atoms with Crippen LogP contribution in [0.25, 0.3) is 0 Å². The average molecular weight is 269 g/mol. The van der Waals surface area contributed by atoms with Gasteiger partial charge in [0, 0.05) is 5.92 Å². The number of carbonyl (C=O) groups excluding carboxylic acids is 2. The minimum absolute atomic E-state index is 0.00315. The summed E-state index contributed by atoms with van der Waals surface area (Å²) in [5.74, 6) is 1.07. The molecule has 1 rings (SSSR count). The van der Waals surface area contributed by atoms with Gasteiger partial charge in [-0.05, 0) is 30.6 Å². The number of rotatable bonds is 5. The summed E-state index contributed by atoms with van der Waals surface area (Å²) in [6, 6.07) is -0.719. The molecule has 4 heteroatoms. The van der Waals surface area contributed by atoms with E-state index in [1.54, 1.807) is 0 Å². The normalized spacial score (nSPS) is 29.1. The highest BCUT2D eigenvalue weighted by Gasteiger charge is 2.37. The molecular formula is C15H27NO3. The quantitative estimate of drug-likeness (QED) is 0.776. The summed E-state index contributed by atoms with van der Waals surface area (Å²) in [5, 5.41) is 0. The first kappa shape index (κ1) is 16.2. The number of ether oxygens (including phenoxy) is 1. The Kier molecular flexibility index (Phi) is 5.98. The molecule has 0 amide bonds. The van der Waals surface area contributed by atoms with Gasteiger partial charge in [0.15, 0.2) is 5.78 Å². The van der Waals surface area contributed by atoms with Gasteiger partial charge in [-0.2, -0.15) is 0 Å². The topological polar surface area (TPSA) is 69.4 Å². The molecule has 110 valence electrons. The second kappa shape index (κ2) is 7.04. The first-order chi connectivity index (χ1) is 8.86. The fraction of sp³-hybridized carbons (Fsp3) is 0.867. The fourth-order valence-electron chi connectivity index (χ4n) is 3.17. The van der Waals surface area contributed by atoms with E-state index in [4.69, 9.17) is 5.73 Å². The average Bonchev–Trinajstić information content (AvgIpc) is 2.36. The van der Waals surface area contributed by atoms with E-state index in [2.05, 4.69) is 25.5 Å². The Bertz CT molecular complexity index is 327. The lowest BCUT2D eigenvalue weighted by Crippen LogP contribution is -2.43. The minimum atomic E-state index is -0.719.